The van der Waals surface area contributed by atoms with Crippen molar-refractivity contribution in [3.05, 3.63) is 11.1 Å². The fraction of sp³-hybridized carbons (Fsp3) is 0.783. The topological polar surface area (TPSA) is 56.1 Å². The fourth-order valence-corrected chi connectivity index (χ4v) is 5.27. The summed E-state index contributed by atoms with van der Waals surface area (Å²) in [5.41, 5.74) is 1.76. The molecule has 2 aromatic rings. The van der Waals surface area contributed by atoms with Crippen molar-refractivity contribution in [1.29, 1.82) is 0 Å². The van der Waals surface area contributed by atoms with Gasteiger partial charge in [-0.1, -0.05) is 52.4 Å². The lowest BCUT2D eigenvalue weighted by molar-refractivity contribution is 0.0371. The smallest absolute Gasteiger partial charge is 0.225 e. The van der Waals surface area contributed by atoms with Crippen LogP contribution in [0, 0.1) is 6.92 Å². The van der Waals surface area contributed by atoms with E-state index in [9.17, 15) is 0 Å². The predicted octanol–water partition coefficient (Wildman–Crippen LogP) is 5.74. The summed E-state index contributed by atoms with van der Waals surface area (Å²) in [7, 11) is 0. The number of aromatic nitrogens is 4. The quantitative estimate of drug-likeness (QED) is 0.162. The van der Waals surface area contributed by atoms with Gasteiger partial charge in [0.15, 0.2) is 5.65 Å². The first-order valence-electron chi connectivity index (χ1n) is 11.9. The van der Waals surface area contributed by atoms with Gasteiger partial charge in [0, 0.05) is 24.9 Å². The van der Waals surface area contributed by atoms with Crippen LogP contribution in [-0.4, -0.2) is 62.5 Å². The van der Waals surface area contributed by atoms with Gasteiger partial charge in [-0.2, -0.15) is 4.98 Å². The zero-order chi connectivity index (χ0) is 22.1. The van der Waals surface area contributed by atoms with Crippen molar-refractivity contribution in [3.8, 4) is 0 Å². The van der Waals surface area contributed by atoms with Crippen LogP contribution in [0.5, 0.6) is 0 Å². The molecule has 0 atom stereocenters. The maximum Gasteiger partial charge on any atom is 0.225 e. The third kappa shape index (κ3) is 7.88. The number of halogens is 1. The van der Waals surface area contributed by atoms with Gasteiger partial charge in [0.05, 0.1) is 13.2 Å². The van der Waals surface area contributed by atoms with Gasteiger partial charge in [-0.3, -0.25) is 4.90 Å². The lowest BCUT2D eigenvalue weighted by atomic mass is 10.1. The normalized spacial score (nSPS) is 15.4. The van der Waals surface area contributed by atoms with Gasteiger partial charge in [-0.15, -0.1) is 11.8 Å². The molecule has 174 valence electrons. The third-order valence-corrected chi connectivity index (χ3v) is 6.94. The molecule has 0 N–H and O–H groups in total. The van der Waals surface area contributed by atoms with Crippen LogP contribution in [0.4, 0.5) is 0 Å². The first-order valence-corrected chi connectivity index (χ1v) is 13.2. The number of aryl methyl sites for hydroxylation is 2. The van der Waals surface area contributed by atoms with Crippen molar-refractivity contribution in [2.24, 2.45) is 0 Å². The van der Waals surface area contributed by atoms with E-state index in [2.05, 4.69) is 45.2 Å². The summed E-state index contributed by atoms with van der Waals surface area (Å²) in [4.78, 5) is 16.0. The van der Waals surface area contributed by atoms with Crippen LogP contribution < -0.4 is 0 Å². The minimum absolute atomic E-state index is 0.283. The molecule has 1 fully saturated rings. The first-order chi connectivity index (χ1) is 15.0. The second-order valence-electron chi connectivity index (χ2n) is 8.73. The van der Waals surface area contributed by atoms with E-state index in [1.807, 2.05) is 0 Å². The molecule has 6 nitrogen and oxygen atoms in total. The van der Waals surface area contributed by atoms with Gasteiger partial charge in [0.2, 0.25) is 5.28 Å². The molecular formula is C23H38ClN5OS. The lowest BCUT2D eigenvalue weighted by Crippen LogP contribution is -2.36. The van der Waals surface area contributed by atoms with Crippen LogP contribution in [-0.2, 0) is 11.3 Å². The molecule has 0 aliphatic carbocycles. The summed E-state index contributed by atoms with van der Waals surface area (Å²) in [6.07, 6.45) is 10.5. The molecule has 0 bridgehead atoms. The molecule has 0 saturated carbocycles. The Morgan fingerprint density at radius 1 is 0.903 bits per heavy atom. The SMILES string of the molecule is Cc1nc2nc(Cl)nc(SC(C)C)c2n1CCCCCCCCCCN1CCOCC1. The van der Waals surface area contributed by atoms with Gasteiger partial charge in [0.25, 0.3) is 0 Å². The second kappa shape index (κ2) is 13.0. The summed E-state index contributed by atoms with van der Waals surface area (Å²) in [6, 6.07) is 0. The number of rotatable bonds is 13. The Bertz CT molecular complexity index is 807. The number of thioether (sulfide) groups is 1. The summed E-state index contributed by atoms with van der Waals surface area (Å²) in [5.74, 6) is 0.998. The van der Waals surface area contributed by atoms with Crippen molar-refractivity contribution < 1.29 is 4.74 Å². The molecule has 1 saturated heterocycles. The van der Waals surface area contributed by atoms with Gasteiger partial charge in [-0.05, 0) is 37.9 Å². The molecule has 0 amide bonds. The summed E-state index contributed by atoms with van der Waals surface area (Å²) in [6.45, 7) is 12.7. The minimum atomic E-state index is 0.283. The highest BCUT2D eigenvalue weighted by molar-refractivity contribution is 8.00. The van der Waals surface area contributed by atoms with Crippen molar-refractivity contribution in [2.75, 3.05) is 32.8 Å². The number of fused-ring (bicyclic) bond motifs is 1. The van der Waals surface area contributed by atoms with Gasteiger partial charge in [0.1, 0.15) is 16.4 Å². The molecule has 1 aliphatic heterocycles. The molecule has 3 rings (SSSR count). The van der Waals surface area contributed by atoms with E-state index in [0.717, 1.165) is 61.3 Å². The minimum Gasteiger partial charge on any atom is -0.379 e. The molecule has 0 radical (unpaired) electrons. The zero-order valence-electron chi connectivity index (χ0n) is 19.4. The average molecular weight is 468 g/mol. The van der Waals surface area contributed by atoms with E-state index < -0.39 is 0 Å². The number of ether oxygens (including phenoxy) is 1. The van der Waals surface area contributed by atoms with E-state index >= 15 is 0 Å². The Labute approximate surface area is 196 Å². The third-order valence-electron chi connectivity index (χ3n) is 5.79. The molecule has 31 heavy (non-hydrogen) atoms. The highest BCUT2D eigenvalue weighted by atomic mass is 35.5. The number of hydrogen-bond acceptors (Lipinski definition) is 6. The van der Waals surface area contributed by atoms with Gasteiger partial charge >= 0.3 is 0 Å². The van der Waals surface area contributed by atoms with Gasteiger partial charge in [-0.25, -0.2) is 9.97 Å². The van der Waals surface area contributed by atoms with Crippen molar-refractivity contribution >= 4 is 34.5 Å². The van der Waals surface area contributed by atoms with E-state index in [4.69, 9.17) is 16.3 Å². The van der Waals surface area contributed by atoms with Crippen molar-refractivity contribution in [3.63, 3.8) is 0 Å². The zero-order valence-corrected chi connectivity index (χ0v) is 21.0. The molecule has 0 unspecified atom stereocenters. The monoisotopic (exact) mass is 467 g/mol. The van der Waals surface area contributed by atoms with Crippen molar-refractivity contribution in [1.82, 2.24) is 24.4 Å². The number of hydrogen-bond donors (Lipinski definition) is 0. The van der Waals surface area contributed by atoms with E-state index in [0.29, 0.717) is 5.25 Å². The number of imidazole rings is 1. The van der Waals surface area contributed by atoms with Crippen LogP contribution in [0.2, 0.25) is 5.28 Å². The number of nitrogens with zero attached hydrogens (tertiary/aromatic N) is 5. The molecule has 0 spiro atoms. The maximum absolute atomic E-state index is 6.12. The molecular weight excluding hydrogens is 430 g/mol. The molecule has 0 aromatic carbocycles. The van der Waals surface area contributed by atoms with Crippen LogP contribution in [0.25, 0.3) is 11.2 Å². The van der Waals surface area contributed by atoms with Gasteiger partial charge < -0.3 is 9.30 Å². The van der Waals surface area contributed by atoms with E-state index in [-0.39, 0.29) is 5.28 Å². The number of morpholine rings is 1. The highest BCUT2D eigenvalue weighted by Gasteiger charge is 2.17. The Balaban J connectivity index is 1.34. The molecule has 1 aliphatic rings. The fourth-order valence-electron chi connectivity index (χ4n) is 4.16. The average Bonchev–Trinajstić information content (AvgIpc) is 3.04. The van der Waals surface area contributed by atoms with Crippen LogP contribution in [0.3, 0.4) is 0 Å². The summed E-state index contributed by atoms with van der Waals surface area (Å²) in [5, 5.41) is 1.67. The molecule has 8 heteroatoms. The summed E-state index contributed by atoms with van der Waals surface area (Å²) < 4.78 is 7.69. The maximum atomic E-state index is 6.12. The molecule has 2 aromatic heterocycles. The van der Waals surface area contributed by atoms with E-state index in [1.54, 1.807) is 11.8 Å². The number of unbranched alkanes of at least 4 members (excludes halogenated alkanes) is 7. The first kappa shape index (κ1) is 24.7. The predicted molar refractivity (Wildman–Crippen MR) is 130 cm³/mol. The molecule has 3 heterocycles. The van der Waals surface area contributed by atoms with Crippen LogP contribution in [0.1, 0.15) is 71.0 Å². The summed E-state index contributed by atoms with van der Waals surface area (Å²) >= 11 is 7.85. The Hall–Kier alpha value is -0.890. The largest absolute Gasteiger partial charge is 0.379 e. The Morgan fingerprint density at radius 2 is 1.52 bits per heavy atom. The van der Waals surface area contributed by atoms with Crippen LogP contribution in [0.15, 0.2) is 5.03 Å². The van der Waals surface area contributed by atoms with Crippen molar-refractivity contribution in [2.45, 2.75) is 89.0 Å². The Kier molecular flexibility index (Phi) is 10.4. The second-order valence-corrected chi connectivity index (χ2v) is 10.6. The van der Waals surface area contributed by atoms with E-state index in [1.165, 1.54) is 51.5 Å². The Morgan fingerprint density at radius 3 is 2.16 bits per heavy atom. The lowest BCUT2D eigenvalue weighted by Gasteiger charge is -2.26. The van der Waals surface area contributed by atoms with Crippen LogP contribution >= 0.6 is 23.4 Å². The standard InChI is InChI=1S/C23H38ClN5OS/c1-18(2)31-22-20-21(26-23(24)27-22)25-19(3)29(20)13-11-9-7-5-4-6-8-10-12-28-14-16-30-17-15-28/h18H,4-17H2,1-3H3. The highest BCUT2D eigenvalue weighted by Crippen LogP contribution is 2.30.